The van der Waals surface area contributed by atoms with Gasteiger partial charge in [0.15, 0.2) is 17.4 Å². The van der Waals surface area contributed by atoms with Crippen LogP contribution in [-0.2, 0) is 0 Å². The molecule has 0 saturated heterocycles. The molecule has 0 bridgehead atoms. The number of nitrogens with zero attached hydrogens (tertiary/aromatic N) is 1. The molecule has 1 aromatic rings. The Morgan fingerprint density at radius 2 is 2.42 bits per heavy atom. The van der Waals surface area contributed by atoms with Gasteiger partial charge in [0, 0.05) is 11.8 Å². The molecule has 2 N–H and O–H groups in total. The van der Waals surface area contributed by atoms with Gasteiger partial charge in [-0.1, -0.05) is 15.9 Å². The molecule has 3 nitrogen and oxygen atoms in total. The van der Waals surface area contributed by atoms with E-state index in [0.29, 0.717) is 0 Å². The van der Waals surface area contributed by atoms with Crippen LogP contribution >= 0.6 is 15.9 Å². The molecule has 0 fully saturated rings. The number of nitrogen functional groups attached to an aromatic ring is 1. The predicted molar refractivity (Wildman–Crippen MR) is 46.7 cm³/mol. The molecule has 0 aliphatic heterocycles. The number of nitrogens with two attached hydrogens (primary N) is 1. The van der Waals surface area contributed by atoms with Crippen molar-refractivity contribution < 1.29 is 9.18 Å². The molecule has 0 aliphatic rings. The zero-order valence-electron chi connectivity index (χ0n) is 6.05. The topological polar surface area (TPSA) is 56.0 Å². The molecule has 0 unspecified atom stereocenters. The summed E-state index contributed by atoms with van der Waals surface area (Å²) in [5.41, 5.74) is 5.34. The van der Waals surface area contributed by atoms with E-state index in [2.05, 4.69) is 20.9 Å². The highest BCUT2D eigenvalue weighted by Crippen LogP contribution is 2.09. The van der Waals surface area contributed by atoms with Crippen molar-refractivity contribution in [2.45, 2.75) is 0 Å². The average Bonchev–Trinajstić information content (AvgIpc) is 2.08. The summed E-state index contributed by atoms with van der Waals surface area (Å²) in [5.74, 6) is -1.08. The van der Waals surface area contributed by atoms with Crippen LogP contribution in [0.1, 0.15) is 10.4 Å². The monoisotopic (exact) mass is 232 g/mol. The molecule has 64 valence electrons. The Morgan fingerprint density at radius 1 is 1.75 bits per heavy atom. The van der Waals surface area contributed by atoms with Gasteiger partial charge in [0.1, 0.15) is 0 Å². The minimum absolute atomic E-state index is 0.151. The van der Waals surface area contributed by atoms with E-state index in [9.17, 15) is 9.18 Å². The second kappa shape index (κ2) is 3.62. The summed E-state index contributed by atoms with van der Waals surface area (Å²) in [7, 11) is 0. The van der Waals surface area contributed by atoms with E-state index in [4.69, 9.17) is 5.73 Å². The smallest absolute Gasteiger partial charge is 0.175 e. The lowest BCUT2D eigenvalue weighted by Gasteiger charge is -1.98. The van der Waals surface area contributed by atoms with Crippen molar-refractivity contribution in [2.24, 2.45) is 0 Å². The van der Waals surface area contributed by atoms with Gasteiger partial charge in [0.05, 0.1) is 5.33 Å². The number of carbonyl (C=O) groups is 1. The van der Waals surface area contributed by atoms with Crippen molar-refractivity contribution in [1.29, 1.82) is 0 Å². The van der Waals surface area contributed by atoms with E-state index in [1.165, 1.54) is 6.20 Å². The second-order valence-corrected chi connectivity index (χ2v) is 2.71. The summed E-state index contributed by atoms with van der Waals surface area (Å²) in [5, 5.41) is 0.151. The average molecular weight is 233 g/mol. The van der Waals surface area contributed by atoms with E-state index in [1.807, 2.05) is 0 Å². The highest BCUT2D eigenvalue weighted by molar-refractivity contribution is 9.09. The minimum atomic E-state index is -0.665. The fourth-order valence-corrected chi connectivity index (χ4v) is 1.00. The maximum absolute atomic E-state index is 12.7. The molecule has 0 radical (unpaired) electrons. The zero-order chi connectivity index (χ0) is 9.14. The molecule has 0 saturated carbocycles. The van der Waals surface area contributed by atoms with Gasteiger partial charge in [0.2, 0.25) is 0 Å². The zero-order valence-corrected chi connectivity index (χ0v) is 7.64. The lowest BCUT2D eigenvalue weighted by Crippen LogP contribution is -2.03. The lowest BCUT2D eigenvalue weighted by atomic mass is 10.2. The van der Waals surface area contributed by atoms with E-state index in [-0.39, 0.29) is 22.5 Å². The lowest BCUT2D eigenvalue weighted by molar-refractivity contribution is 0.102. The first-order chi connectivity index (χ1) is 5.65. The van der Waals surface area contributed by atoms with Gasteiger partial charge in [-0.25, -0.2) is 9.37 Å². The highest BCUT2D eigenvalue weighted by Gasteiger charge is 2.07. The van der Waals surface area contributed by atoms with Crippen molar-refractivity contribution >= 4 is 27.5 Å². The van der Waals surface area contributed by atoms with Crippen LogP contribution in [0.5, 0.6) is 0 Å². The molecular formula is C7H6BrFN2O. The van der Waals surface area contributed by atoms with E-state index >= 15 is 0 Å². The molecule has 1 aromatic heterocycles. The second-order valence-electron chi connectivity index (χ2n) is 2.15. The summed E-state index contributed by atoms with van der Waals surface area (Å²) in [4.78, 5) is 14.5. The number of aromatic nitrogens is 1. The highest BCUT2D eigenvalue weighted by atomic mass is 79.9. The predicted octanol–water partition coefficient (Wildman–Crippen LogP) is 1.38. The number of hydrogen-bond acceptors (Lipinski definition) is 3. The van der Waals surface area contributed by atoms with Crippen molar-refractivity contribution in [2.75, 3.05) is 11.1 Å². The third-order valence-corrected chi connectivity index (χ3v) is 1.82. The van der Waals surface area contributed by atoms with Gasteiger partial charge < -0.3 is 5.73 Å². The van der Waals surface area contributed by atoms with Crippen molar-refractivity contribution in [3.05, 3.63) is 23.6 Å². The Bertz CT molecular complexity index is 316. The summed E-state index contributed by atoms with van der Waals surface area (Å²) < 4.78 is 12.7. The van der Waals surface area contributed by atoms with Gasteiger partial charge in [-0.15, -0.1) is 0 Å². The maximum atomic E-state index is 12.7. The van der Waals surface area contributed by atoms with Gasteiger partial charge in [-0.05, 0) is 6.07 Å². The Hall–Kier alpha value is -0.970. The van der Waals surface area contributed by atoms with E-state index in [0.717, 1.165) is 6.07 Å². The van der Waals surface area contributed by atoms with Crippen LogP contribution in [0.4, 0.5) is 10.2 Å². The van der Waals surface area contributed by atoms with Gasteiger partial charge in [0.25, 0.3) is 0 Å². The molecule has 1 heterocycles. The van der Waals surface area contributed by atoms with Crippen LogP contribution < -0.4 is 5.73 Å². The number of ketones is 1. The Balaban J connectivity index is 3.05. The van der Waals surface area contributed by atoms with Crippen molar-refractivity contribution in [1.82, 2.24) is 4.98 Å². The Morgan fingerprint density at radius 3 is 2.92 bits per heavy atom. The molecule has 12 heavy (non-hydrogen) atoms. The maximum Gasteiger partial charge on any atom is 0.175 e. The van der Waals surface area contributed by atoms with E-state index < -0.39 is 5.82 Å². The van der Waals surface area contributed by atoms with Crippen molar-refractivity contribution in [3.8, 4) is 0 Å². The number of alkyl halides is 1. The third-order valence-electron chi connectivity index (χ3n) is 1.31. The third kappa shape index (κ3) is 1.79. The molecule has 1 rings (SSSR count). The molecule has 0 amide bonds. The first-order valence-electron chi connectivity index (χ1n) is 3.15. The quantitative estimate of drug-likeness (QED) is 0.620. The summed E-state index contributed by atoms with van der Waals surface area (Å²) in [6.45, 7) is 0. The van der Waals surface area contributed by atoms with Crippen LogP contribution in [0, 0.1) is 5.82 Å². The summed E-state index contributed by atoms with van der Waals surface area (Å²) in [6, 6.07) is 1.08. The molecule has 0 aliphatic carbocycles. The fraction of sp³-hybridized carbons (Fsp3) is 0.143. The summed E-state index contributed by atoms with van der Waals surface area (Å²) in [6.07, 6.45) is 1.25. The van der Waals surface area contributed by atoms with Crippen LogP contribution in [-0.4, -0.2) is 16.1 Å². The molecule has 0 spiro atoms. The number of carbonyl (C=O) groups excluding carboxylic acids is 1. The van der Waals surface area contributed by atoms with Crippen LogP contribution in [0.15, 0.2) is 12.3 Å². The van der Waals surface area contributed by atoms with Gasteiger partial charge in [-0.3, -0.25) is 4.79 Å². The normalized spacial score (nSPS) is 9.83. The fourth-order valence-electron chi connectivity index (χ4n) is 0.678. The Kier molecular flexibility index (Phi) is 2.75. The number of rotatable bonds is 2. The molecule has 0 aromatic carbocycles. The SMILES string of the molecule is Nc1ncc(C(=O)CBr)cc1F. The molecule has 5 heteroatoms. The number of pyridine rings is 1. The van der Waals surface area contributed by atoms with Crippen LogP contribution in [0.3, 0.4) is 0 Å². The first-order valence-corrected chi connectivity index (χ1v) is 4.27. The Labute approximate surface area is 76.9 Å². The van der Waals surface area contributed by atoms with Crippen LogP contribution in [0.2, 0.25) is 0 Å². The number of Topliss-reactive ketones (excluding diaryl/α,β-unsaturated/α-hetero) is 1. The number of halogens is 2. The molecule has 0 atom stereocenters. The number of hydrogen-bond donors (Lipinski definition) is 1. The molecular weight excluding hydrogens is 227 g/mol. The van der Waals surface area contributed by atoms with E-state index in [1.54, 1.807) is 0 Å². The van der Waals surface area contributed by atoms with Crippen LogP contribution in [0.25, 0.3) is 0 Å². The standard InChI is InChI=1S/C7H6BrFN2O/c8-2-6(12)4-1-5(9)7(10)11-3-4/h1,3H,2H2,(H2,10,11). The van der Waals surface area contributed by atoms with Crippen molar-refractivity contribution in [3.63, 3.8) is 0 Å². The van der Waals surface area contributed by atoms with Gasteiger partial charge >= 0.3 is 0 Å². The number of anilines is 1. The first kappa shape index (κ1) is 9.12. The van der Waals surface area contributed by atoms with Gasteiger partial charge in [-0.2, -0.15) is 0 Å². The summed E-state index contributed by atoms with van der Waals surface area (Å²) >= 11 is 2.96. The largest absolute Gasteiger partial charge is 0.381 e. The minimum Gasteiger partial charge on any atom is -0.381 e.